The van der Waals surface area contributed by atoms with Crippen LogP contribution in [-0.4, -0.2) is 46.9 Å². The van der Waals surface area contributed by atoms with Gasteiger partial charge in [0.1, 0.15) is 5.78 Å². The van der Waals surface area contributed by atoms with Crippen molar-refractivity contribution in [2.75, 3.05) is 20.3 Å². The van der Waals surface area contributed by atoms with Crippen LogP contribution in [0.2, 0.25) is 0 Å². The van der Waals surface area contributed by atoms with Gasteiger partial charge >= 0.3 is 0 Å². The molecule has 0 aliphatic rings. The van der Waals surface area contributed by atoms with E-state index in [9.17, 15) is 9.59 Å². The summed E-state index contributed by atoms with van der Waals surface area (Å²) in [7, 11) is 1.61. The maximum absolute atomic E-state index is 11.7. The zero-order valence-electron chi connectivity index (χ0n) is 12.3. The number of aromatic nitrogens is 3. The Morgan fingerprint density at radius 2 is 2.20 bits per heavy atom. The first-order valence-electron chi connectivity index (χ1n) is 6.70. The maximum atomic E-state index is 11.7. The Hall–Kier alpha value is -1.76. The largest absolute Gasteiger partial charge is 0.383 e. The molecule has 1 rings (SSSR count). The minimum atomic E-state index is -0.152. The highest BCUT2D eigenvalue weighted by molar-refractivity contribution is 5.82. The van der Waals surface area contributed by atoms with Crippen molar-refractivity contribution < 1.29 is 14.3 Å². The van der Waals surface area contributed by atoms with E-state index in [1.807, 2.05) is 13.8 Å². The summed E-state index contributed by atoms with van der Waals surface area (Å²) in [5.41, 5.74) is 0.605. The number of amides is 1. The molecular formula is C13H22N4O3. The summed E-state index contributed by atoms with van der Waals surface area (Å²) in [6, 6.07) is 0. The van der Waals surface area contributed by atoms with Gasteiger partial charge in [-0.1, -0.05) is 19.1 Å². The molecule has 0 saturated carbocycles. The first kappa shape index (κ1) is 16.3. The average molecular weight is 282 g/mol. The van der Waals surface area contributed by atoms with E-state index >= 15 is 0 Å². The minimum absolute atomic E-state index is 0.00702. The minimum Gasteiger partial charge on any atom is -0.383 e. The number of hydrogen-bond donors (Lipinski definition) is 1. The number of carbonyl (C=O) groups excluding carboxylic acids is 2. The van der Waals surface area contributed by atoms with Crippen molar-refractivity contribution in [3.8, 4) is 0 Å². The number of methoxy groups -OCH3 is 1. The van der Waals surface area contributed by atoms with Gasteiger partial charge < -0.3 is 10.1 Å². The predicted octanol–water partition coefficient (Wildman–Crippen LogP) is 0.198. The number of nitrogens with one attached hydrogen (secondary N) is 1. The van der Waals surface area contributed by atoms with Crippen LogP contribution in [0.3, 0.4) is 0 Å². The first-order valence-corrected chi connectivity index (χ1v) is 6.70. The monoisotopic (exact) mass is 282 g/mol. The van der Waals surface area contributed by atoms with Gasteiger partial charge in [-0.2, -0.15) is 0 Å². The molecule has 0 fully saturated rings. The highest BCUT2D eigenvalue weighted by Gasteiger charge is 2.10. The van der Waals surface area contributed by atoms with Crippen LogP contribution in [0.1, 0.15) is 26.0 Å². The number of ketones is 1. The molecule has 0 saturated heterocycles. The quantitative estimate of drug-likeness (QED) is 0.699. The van der Waals surface area contributed by atoms with Gasteiger partial charge in [0.15, 0.2) is 0 Å². The second-order valence-electron chi connectivity index (χ2n) is 4.86. The lowest BCUT2D eigenvalue weighted by Crippen LogP contribution is -2.28. The summed E-state index contributed by atoms with van der Waals surface area (Å²) < 4.78 is 6.56. The lowest BCUT2D eigenvalue weighted by molar-refractivity contribution is -0.122. The first-order chi connectivity index (χ1) is 9.52. The van der Waals surface area contributed by atoms with Crippen molar-refractivity contribution in [1.82, 2.24) is 20.3 Å². The zero-order chi connectivity index (χ0) is 15.0. The number of ether oxygens (including phenoxy) is 1. The van der Waals surface area contributed by atoms with Crippen LogP contribution in [0.25, 0.3) is 0 Å². The molecular weight excluding hydrogens is 260 g/mol. The summed E-state index contributed by atoms with van der Waals surface area (Å²) in [5, 5.41) is 10.5. The Morgan fingerprint density at radius 1 is 1.45 bits per heavy atom. The molecule has 0 unspecified atom stereocenters. The van der Waals surface area contributed by atoms with Gasteiger partial charge in [0.2, 0.25) is 5.91 Å². The molecule has 1 aromatic heterocycles. The summed E-state index contributed by atoms with van der Waals surface area (Å²) >= 11 is 0. The van der Waals surface area contributed by atoms with Crippen LogP contribution < -0.4 is 5.32 Å². The normalized spacial score (nSPS) is 10.8. The SMILES string of the molecule is COCCn1cc(CC(=O)NCCC(=O)C(C)C)nn1. The van der Waals surface area contributed by atoms with Gasteiger partial charge in [-0.3, -0.25) is 9.59 Å². The molecule has 0 aromatic carbocycles. The molecule has 20 heavy (non-hydrogen) atoms. The number of carbonyl (C=O) groups is 2. The molecule has 1 amide bonds. The summed E-state index contributed by atoms with van der Waals surface area (Å²) in [5.74, 6) is 0.00347. The fourth-order valence-electron chi connectivity index (χ4n) is 1.55. The molecule has 7 heteroatoms. The van der Waals surface area contributed by atoms with Gasteiger partial charge in [-0.15, -0.1) is 5.10 Å². The fraction of sp³-hybridized carbons (Fsp3) is 0.692. The number of nitrogens with zero attached hydrogens (tertiary/aromatic N) is 3. The molecule has 0 aliphatic carbocycles. The van der Waals surface area contributed by atoms with Crippen molar-refractivity contribution in [1.29, 1.82) is 0 Å². The Morgan fingerprint density at radius 3 is 2.85 bits per heavy atom. The lowest BCUT2D eigenvalue weighted by Gasteiger charge is -2.05. The second kappa shape index (κ2) is 8.42. The molecule has 0 atom stereocenters. The van der Waals surface area contributed by atoms with E-state index in [1.165, 1.54) is 0 Å². The zero-order valence-corrected chi connectivity index (χ0v) is 12.3. The molecule has 0 bridgehead atoms. The molecule has 1 aromatic rings. The predicted molar refractivity (Wildman–Crippen MR) is 73.1 cm³/mol. The van der Waals surface area contributed by atoms with Crippen molar-refractivity contribution in [2.24, 2.45) is 5.92 Å². The van der Waals surface area contributed by atoms with Gasteiger partial charge in [-0.05, 0) is 0 Å². The number of hydrogen-bond acceptors (Lipinski definition) is 5. The number of rotatable bonds is 9. The number of Topliss-reactive ketones (excluding diaryl/α,β-unsaturated/α-hetero) is 1. The molecule has 0 spiro atoms. The molecule has 1 N–H and O–H groups in total. The molecule has 1 heterocycles. The van der Waals surface area contributed by atoms with E-state index in [1.54, 1.807) is 18.0 Å². The van der Waals surface area contributed by atoms with Gasteiger partial charge in [0.25, 0.3) is 0 Å². The summed E-state index contributed by atoms with van der Waals surface area (Å²) in [6.07, 6.45) is 2.25. The fourth-order valence-corrected chi connectivity index (χ4v) is 1.55. The highest BCUT2D eigenvalue weighted by atomic mass is 16.5. The summed E-state index contributed by atoms with van der Waals surface area (Å²) in [6.45, 7) is 5.22. The van der Waals surface area contributed by atoms with Crippen molar-refractivity contribution in [3.63, 3.8) is 0 Å². The van der Waals surface area contributed by atoms with E-state index < -0.39 is 0 Å². The molecule has 112 valence electrons. The van der Waals surface area contributed by atoms with E-state index in [0.717, 1.165) is 0 Å². The second-order valence-corrected chi connectivity index (χ2v) is 4.86. The Labute approximate surface area is 118 Å². The van der Waals surface area contributed by atoms with Crippen LogP contribution in [0, 0.1) is 5.92 Å². The van der Waals surface area contributed by atoms with E-state index in [-0.39, 0.29) is 24.0 Å². The van der Waals surface area contributed by atoms with E-state index in [4.69, 9.17) is 4.74 Å². The van der Waals surface area contributed by atoms with Crippen LogP contribution >= 0.6 is 0 Å². The Kier molecular flexibility index (Phi) is 6.86. The highest BCUT2D eigenvalue weighted by Crippen LogP contribution is 1.98. The van der Waals surface area contributed by atoms with Gasteiger partial charge in [0.05, 0.1) is 25.3 Å². The van der Waals surface area contributed by atoms with Crippen molar-refractivity contribution >= 4 is 11.7 Å². The lowest BCUT2D eigenvalue weighted by atomic mass is 10.1. The van der Waals surface area contributed by atoms with Crippen LogP contribution in [-0.2, 0) is 27.3 Å². The van der Waals surface area contributed by atoms with Crippen LogP contribution in [0.4, 0.5) is 0 Å². The van der Waals surface area contributed by atoms with Crippen molar-refractivity contribution in [2.45, 2.75) is 33.2 Å². The van der Waals surface area contributed by atoms with Crippen molar-refractivity contribution in [3.05, 3.63) is 11.9 Å². The van der Waals surface area contributed by atoms with Crippen LogP contribution in [0.15, 0.2) is 6.20 Å². The topological polar surface area (TPSA) is 86.1 Å². The van der Waals surface area contributed by atoms with Crippen LogP contribution in [0.5, 0.6) is 0 Å². The smallest absolute Gasteiger partial charge is 0.226 e. The third kappa shape index (κ3) is 5.92. The van der Waals surface area contributed by atoms with Gasteiger partial charge in [-0.25, -0.2) is 4.68 Å². The third-order valence-corrected chi connectivity index (χ3v) is 2.79. The Balaban J connectivity index is 2.28. The standard InChI is InChI=1S/C13H22N4O3/c1-10(2)12(18)4-5-14-13(19)8-11-9-17(16-15-11)6-7-20-3/h9-10H,4-8H2,1-3H3,(H,14,19). The maximum Gasteiger partial charge on any atom is 0.226 e. The van der Waals surface area contributed by atoms with Gasteiger partial charge in [0, 0.05) is 32.2 Å². The summed E-state index contributed by atoms with van der Waals surface area (Å²) in [4.78, 5) is 23.1. The Bertz CT molecular complexity index is 443. The average Bonchev–Trinajstić information content (AvgIpc) is 2.83. The molecule has 0 radical (unpaired) electrons. The molecule has 0 aliphatic heterocycles. The molecule has 7 nitrogen and oxygen atoms in total. The third-order valence-electron chi connectivity index (χ3n) is 2.79. The van der Waals surface area contributed by atoms with E-state index in [2.05, 4.69) is 15.6 Å². The van der Waals surface area contributed by atoms with E-state index in [0.29, 0.717) is 31.8 Å².